The van der Waals surface area contributed by atoms with E-state index in [1.54, 1.807) is 18.3 Å². The molecular weight excluding hydrogens is 180 g/mol. The maximum absolute atomic E-state index is 11.5. The molecule has 0 aromatic carbocycles. The van der Waals surface area contributed by atoms with Crippen LogP contribution in [0.2, 0.25) is 0 Å². The van der Waals surface area contributed by atoms with E-state index in [0.717, 1.165) is 12.1 Å². The largest absolute Gasteiger partial charge is 0.395 e. The zero-order valence-electron chi connectivity index (χ0n) is 8.16. The Morgan fingerprint density at radius 3 is 3.07 bits per heavy atom. The average molecular weight is 194 g/mol. The number of rotatable bonds is 4. The Hall–Kier alpha value is -1.42. The monoisotopic (exact) mass is 194 g/mol. The Kier molecular flexibility index (Phi) is 4.07. The van der Waals surface area contributed by atoms with Crippen molar-refractivity contribution in [3.05, 3.63) is 29.6 Å². The number of hydrogen-bond acceptors (Lipinski definition) is 3. The van der Waals surface area contributed by atoms with Crippen LogP contribution in [-0.4, -0.2) is 29.1 Å². The molecule has 0 unspecified atom stereocenters. The Labute approximate surface area is 83.0 Å². The van der Waals surface area contributed by atoms with Gasteiger partial charge in [-0.05, 0) is 18.6 Å². The number of aryl methyl sites for hydroxylation is 1. The molecule has 0 atom stereocenters. The molecule has 2 N–H and O–H groups in total. The van der Waals surface area contributed by atoms with Gasteiger partial charge in [-0.15, -0.1) is 0 Å². The third-order valence-electron chi connectivity index (χ3n) is 1.87. The van der Waals surface area contributed by atoms with Gasteiger partial charge in [-0.2, -0.15) is 0 Å². The van der Waals surface area contributed by atoms with E-state index < -0.39 is 0 Å². The van der Waals surface area contributed by atoms with Gasteiger partial charge in [-0.25, -0.2) is 0 Å². The molecule has 14 heavy (non-hydrogen) atoms. The molecule has 1 heterocycles. The number of aromatic nitrogens is 1. The van der Waals surface area contributed by atoms with Gasteiger partial charge in [0.05, 0.1) is 17.9 Å². The predicted octanol–water partition coefficient (Wildman–Crippen LogP) is 0.366. The fourth-order valence-electron chi connectivity index (χ4n) is 1.19. The zero-order chi connectivity index (χ0) is 10.4. The smallest absolute Gasteiger partial charge is 0.253 e. The molecule has 1 aromatic rings. The molecule has 0 saturated carbocycles. The van der Waals surface area contributed by atoms with E-state index in [0.29, 0.717) is 5.56 Å². The topological polar surface area (TPSA) is 62.2 Å². The summed E-state index contributed by atoms with van der Waals surface area (Å²) in [5.74, 6) is -0.177. The highest BCUT2D eigenvalue weighted by atomic mass is 16.3. The highest BCUT2D eigenvalue weighted by molar-refractivity contribution is 5.95. The first-order valence-corrected chi connectivity index (χ1v) is 4.62. The third-order valence-corrected chi connectivity index (χ3v) is 1.87. The Morgan fingerprint density at radius 1 is 1.64 bits per heavy atom. The summed E-state index contributed by atoms with van der Waals surface area (Å²) in [5, 5.41) is 11.2. The number of hydrogen-bond donors (Lipinski definition) is 2. The van der Waals surface area contributed by atoms with Crippen molar-refractivity contribution in [2.45, 2.75) is 13.3 Å². The minimum atomic E-state index is -0.177. The van der Waals surface area contributed by atoms with E-state index in [4.69, 9.17) is 5.11 Å². The highest BCUT2D eigenvalue weighted by Crippen LogP contribution is 2.05. The predicted molar refractivity (Wildman–Crippen MR) is 53.0 cm³/mol. The summed E-state index contributed by atoms with van der Waals surface area (Å²) in [5.41, 5.74) is 1.37. The van der Waals surface area contributed by atoms with Gasteiger partial charge < -0.3 is 10.4 Å². The molecule has 0 aliphatic carbocycles. The molecule has 0 aliphatic heterocycles. The summed E-state index contributed by atoms with van der Waals surface area (Å²) >= 11 is 0. The maximum atomic E-state index is 11.5. The van der Waals surface area contributed by atoms with Crippen molar-refractivity contribution >= 4 is 5.91 Å². The van der Waals surface area contributed by atoms with Crippen LogP contribution in [-0.2, 0) is 6.42 Å². The number of pyridine rings is 1. The van der Waals surface area contributed by atoms with Gasteiger partial charge in [0.15, 0.2) is 0 Å². The van der Waals surface area contributed by atoms with Gasteiger partial charge in [0.25, 0.3) is 5.91 Å². The van der Waals surface area contributed by atoms with Crippen molar-refractivity contribution in [1.29, 1.82) is 0 Å². The fraction of sp³-hybridized carbons (Fsp3) is 0.400. The summed E-state index contributed by atoms with van der Waals surface area (Å²) < 4.78 is 0. The SMILES string of the molecule is CCc1ncccc1C(=O)NCCO. The standard InChI is InChI=1S/C10H14N2O2/c1-2-9-8(4-3-5-11-9)10(14)12-6-7-13/h3-5,13H,2,6-7H2,1H3,(H,12,14). The van der Waals surface area contributed by atoms with Gasteiger partial charge in [0, 0.05) is 12.7 Å². The van der Waals surface area contributed by atoms with Crippen LogP contribution >= 0.6 is 0 Å². The normalized spacial score (nSPS) is 9.86. The van der Waals surface area contributed by atoms with Gasteiger partial charge >= 0.3 is 0 Å². The van der Waals surface area contributed by atoms with Gasteiger partial charge in [0.2, 0.25) is 0 Å². The highest BCUT2D eigenvalue weighted by Gasteiger charge is 2.09. The van der Waals surface area contributed by atoms with E-state index in [2.05, 4.69) is 10.3 Å². The van der Waals surface area contributed by atoms with Gasteiger partial charge in [-0.1, -0.05) is 6.92 Å². The second-order valence-electron chi connectivity index (χ2n) is 2.83. The van der Waals surface area contributed by atoms with Crippen LogP contribution < -0.4 is 5.32 Å². The number of aliphatic hydroxyl groups is 1. The van der Waals surface area contributed by atoms with Crippen LogP contribution in [0.15, 0.2) is 18.3 Å². The summed E-state index contributed by atoms with van der Waals surface area (Å²) in [7, 11) is 0. The summed E-state index contributed by atoms with van der Waals surface area (Å²) in [6.45, 7) is 2.18. The average Bonchev–Trinajstić information content (AvgIpc) is 2.25. The molecule has 0 spiro atoms. The molecule has 76 valence electrons. The molecule has 0 radical (unpaired) electrons. The lowest BCUT2D eigenvalue weighted by Gasteiger charge is -2.06. The number of carbonyl (C=O) groups excluding carboxylic acids is 1. The number of nitrogens with one attached hydrogen (secondary N) is 1. The second kappa shape index (κ2) is 5.34. The van der Waals surface area contributed by atoms with Crippen LogP contribution in [0.25, 0.3) is 0 Å². The molecule has 1 rings (SSSR count). The lowest BCUT2D eigenvalue weighted by atomic mass is 10.1. The van der Waals surface area contributed by atoms with Crippen molar-refractivity contribution < 1.29 is 9.90 Å². The van der Waals surface area contributed by atoms with Gasteiger partial charge in [0.1, 0.15) is 0 Å². The minimum Gasteiger partial charge on any atom is -0.395 e. The molecule has 0 bridgehead atoms. The van der Waals surface area contributed by atoms with Gasteiger partial charge in [-0.3, -0.25) is 9.78 Å². The number of nitrogens with zero attached hydrogens (tertiary/aromatic N) is 1. The molecule has 0 aliphatic rings. The maximum Gasteiger partial charge on any atom is 0.253 e. The van der Waals surface area contributed by atoms with Crippen molar-refractivity contribution in [2.24, 2.45) is 0 Å². The third kappa shape index (κ3) is 2.53. The van der Waals surface area contributed by atoms with Crippen LogP contribution in [0, 0.1) is 0 Å². The zero-order valence-corrected chi connectivity index (χ0v) is 8.16. The molecule has 0 fully saturated rings. The minimum absolute atomic E-state index is 0.0482. The van der Waals surface area contributed by atoms with E-state index in [1.807, 2.05) is 6.92 Å². The van der Waals surface area contributed by atoms with Crippen LogP contribution in [0.5, 0.6) is 0 Å². The molecular formula is C10H14N2O2. The van der Waals surface area contributed by atoms with Crippen molar-refractivity contribution in [1.82, 2.24) is 10.3 Å². The number of amides is 1. The summed E-state index contributed by atoms with van der Waals surface area (Å²) in [4.78, 5) is 15.6. The lowest BCUT2D eigenvalue weighted by molar-refractivity contribution is 0.0943. The fourth-order valence-corrected chi connectivity index (χ4v) is 1.19. The molecule has 1 amide bonds. The van der Waals surface area contributed by atoms with E-state index in [9.17, 15) is 4.79 Å². The van der Waals surface area contributed by atoms with Crippen LogP contribution in [0.3, 0.4) is 0 Å². The lowest BCUT2D eigenvalue weighted by Crippen LogP contribution is -2.27. The van der Waals surface area contributed by atoms with Crippen molar-refractivity contribution in [3.63, 3.8) is 0 Å². The Bertz CT molecular complexity index is 313. The van der Waals surface area contributed by atoms with Crippen LogP contribution in [0.4, 0.5) is 0 Å². The number of carbonyl (C=O) groups is 1. The number of aliphatic hydroxyl groups excluding tert-OH is 1. The van der Waals surface area contributed by atoms with E-state index in [1.165, 1.54) is 0 Å². The summed E-state index contributed by atoms with van der Waals surface area (Å²) in [6.07, 6.45) is 2.39. The Morgan fingerprint density at radius 2 is 2.43 bits per heavy atom. The Balaban J connectivity index is 2.78. The van der Waals surface area contributed by atoms with Crippen molar-refractivity contribution in [3.8, 4) is 0 Å². The van der Waals surface area contributed by atoms with Crippen molar-refractivity contribution in [2.75, 3.05) is 13.2 Å². The first-order chi connectivity index (χ1) is 6.79. The molecule has 0 saturated heterocycles. The molecule has 4 heteroatoms. The quantitative estimate of drug-likeness (QED) is 0.727. The first-order valence-electron chi connectivity index (χ1n) is 4.62. The summed E-state index contributed by atoms with van der Waals surface area (Å²) in [6, 6.07) is 3.46. The van der Waals surface area contributed by atoms with E-state index in [-0.39, 0.29) is 19.1 Å². The van der Waals surface area contributed by atoms with Crippen LogP contribution in [0.1, 0.15) is 23.0 Å². The van der Waals surface area contributed by atoms with E-state index >= 15 is 0 Å². The molecule has 1 aromatic heterocycles. The first kappa shape index (κ1) is 10.7. The second-order valence-corrected chi connectivity index (χ2v) is 2.83. The molecule has 4 nitrogen and oxygen atoms in total.